The van der Waals surface area contributed by atoms with Crippen molar-refractivity contribution < 1.29 is 13.9 Å². The molecule has 2 aliphatic heterocycles. The van der Waals surface area contributed by atoms with Crippen LogP contribution in [0.1, 0.15) is 19.8 Å². The fourth-order valence-electron chi connectivity index (χ4n) is 4.58. The van der Waals surface area contributed by atoms with Gasteiger partial charge in [0.25, 0.3) is 0 Å². The summed E-state index contributed by atoms with van der Waals surface area (Å²) in [6, 6.07) is 6.17. The van der Waals surface area contributed by atoms with E-state index in [0.29, 0.717) is 28.5 Å². The highest BCUT2D eigenvalue weighted by molar-refractivity contribution is 5.82. The summed E-state index contributed by atoms with van der Waals surface area (Å²) in [4.78, 5) is 11.6. The third kappa shape index (κ3) is 3.00. The number of benzene rings is 1. The summed E-state index contributed by atoms with van der Waals surface area (Å²) in [5.74, 6) is 0.755. The first-order valence-electron chi connectivity index (χ1n) is 10.2. The molecule has 30 heavy (non-hydrogen) atoms. The zero-order chi connectivity index (χ0) is 20.9. The second-order valence-corrected chi connectivity index (χ2v) is 8.19. The molecule has 2 N–H and O–H groups in total. The first kappa shape index (κ1) is 19.2. The summed E-state index contributed by atoms with van der Waals surface area (Å²) >= 11 is 0. The van der Waals surface area contributed by atoms with E-state index < -0.39 is 0 Å². The van der Waals surface area contributed by atoms with Crippen LogP contribution in [-0.4, -0.2) is 58.7 Å². The van der Waals surface area contributed by atoms with Gasteiger partial charge in [-0.25, -0.2) is 14.1 Å². The standard InChI is InChI=1S/C21H25FN6O2/c1-13-18(23)21(12-30-13)7-9-27(10-8-21)20-25-16-11-24-28(17(16)19(26-20)29-2)15-5-3-14(22)4-6-15/h3-6,11,13,18H,7-10,12,23H2,1-2H3/t13-,18+/m0/s1. The van der Waals surface area contributed by atoms with E-state index in [1.807, 2.05) is 6.92 Å². The molecule has 2 aromatic heterocycles. The molecule has 4 heterocycles. The number of ether oxygens (including phenoxy) is 2. The number of fused-ring (bicyclic) bond motifs is 1. The third-order valence-corrected chi connectivity index (χ3v) is 6.53. The summed E-state index contributed by atoms with van der Waals surface area (Å²) in [6.07, 6.45) is 3.66. The van der Waals surface area contributed by atoms with E-state index in [4.69, 9.17) is 20.2 Å². The molecule has 1 spiro atoms. The van der Waals surface area contributed by atoms with Crippen LogP contribution in [0.4, 0.5) is 10.3 Å². The molecule has 158 valence electrons. The fraction of sp³-hybridized carbons (Fsp3) is 0.476. The Morgan fingerprint density at radius 1 is 1.20 bits per heavy atom. The molecule has 0 unspecified atom stereocenters. The second kappa shape index (κ2) is 7.17. The van der Waals surface area contributed by atoms with Gasteiger partial charge in [0.05, 0.1) is 31.7 Å². The van der Waals surface area contributed by atoms with Crippen LogP contribution in [0.25, 0.3) is 16.7 Å². The fourth-order valence-corrected chi connectivity index (χ4v) is 4.58. The van der Waals surface area contributed by atoms with Crippen molar-refractivity contribution in [3.8, 4) is 11.6 Å². The lowest BCUT2D eigenvalue weighted by Crippen LogP contribution is -2.50. The van der Waals surface area contributed by atoms with Gasteiger partial charge in [0.2, 0.25) is 11.8 Å². The molecular weight excluding hydrogens is 387 g/mol. The van der Waals surface area contributed by atoms with Gasteiger partial charge in [-0.05, 0) is 44.0 Å². The van der Waals surface area contributed by atoms with Crippen LogP contribution in [-0.2, 0) is 4.74 Å². The first-order chi connectivity index (χ1) is 14.5. The number of piperidine rings is 1. The van der Waals surface area contributed by atoms with Crippen molar-refractivity contribution in [2.24, 2.45) is 11.1 Å². The summed E-state index contributed by atoms with van der Waals surface area (Å²) in [6.45, 7) is 4.39. The monoisotopic (exact) mass is 412 g/mol. The maximum atomic E-state index is 13.3. The predicted octanol–water partition coefficient (Wildman–Crippen LogP) is 2.30. The van der Waals surface area contributed by atoms with Gasteiger partial charge in [-0.3, -0.25) is 0 Å². The summed E-state index contributed by atoms with van der Waals surface area (Å²) < 4.78 is 26.4. The minimum absolute atomic E-state index is 0.0393. The highest BCUT2D eigenvalue weighted by atomic mass is 19.1. The van der Waals surface area contributed by atoms with Gasteiger partial charge >= 0.3 is 0 Å². The largest absolute Gasteiger partial charge is 0.479 e. The Hall–Kier alpha value is -2.78. The number of anilines is 1. The first-order valence-corrected chi connectivity index (χ1v) is 10.2. The van der Waals surface area contributed by atoms with Gasteiger partial charge < -0.3 is 20.1 Å². The molecule has 8 nitrogen and oxygen atoms in total. The number of nitrogens with two attached hydrogens (primary N) is 1. The van der Waals surface area contributed by atoms with Gasteiger partial charge in [-0.1, -0.05) is 0 Å². The van der Waals surface area contributed by atoms with E-state index in [1.165, 1.54) is 12.1 Å². The molecule has 0 aliphatic carbocycles. The third-order valence-electron chi connectivity index (χ3n) is 6.53. The van der Waals surface area contributed by atoms with Crippen LogP contribution in [0.3, 0.4) is 0 Å². The van der Waals surface area contributed by atoms with Gasteiger partial charge in [0, 0.05) is 24.5 Å². The molecule has 2 atom stereocenters. The van der Waals surface area contributed by atoms with Crippen LogP contribution in [0, 0.1) is 11.2 Å². The zero-order valence-electron chi connectivity index (χ0n) is 17.1. The summed E-state index contributed by atoms with van der Waals surface area (Å²) in [5.41, 5.74) is 8.51. The topological polar surface area (TPSA) is 91.3 Å². The number of nitrogens with zero attached hydrogens (tertiary/aromatic N) is 5. The molecule has 0 bridgehead atoms. The van der Waals surface area contributed by atoms with E-state index in [0.717, 1.165) is 32.5 Å². The Bertz CT molecular complexity index is 1060. The van der Waals surface area contributed by atoms with Gasteiger partial charge in [-0.15, -0.1) is 0 Å². The van der Waals surface area contributed by atoms with Crippen LogP contribution < -0.4 is 15.4 Å². The minimum Gasteiger partial charge on any atom is -0.479 e. The molecular formula is C21H25FN6O2. The van der Waals surface area contributed by atoms with E-state index in [1.54, 1.807) is 30.1 Å². The van der Waals surface area contributed by atoms with E-state index >= 15 is 0 Å². The lowest BCUT2D eigenvalue weighted by atomic mass is 9.73. The Morgan fingerprint density at radius 2 is 1.93 bits per heavy atom. The van der Waals surface area contributed by atoms with E-state index in [2.05, 4.69) is 15.0 Å². The number of methoxy groups -OCH3 is 1. The highest BCUT2D eigenvalue weighted by Gasteiger charge is 2.47. The molecule has 0 amide bonds. The average molecular weight is 412 g/mol. The van der Waals surface area contributed by atoms with Crippen molar-refractivity contribution >= 4 is 17.0 Å². The lowest BCUT2D eigenvalue weighted by Gasteiger charge is -2.41. The van der Waals surface area contributed by atoms with Crippen LogP contribution in [0.15, 0.2) is 30.5 Å². The smallest absolute Gasteiger partial charge is 0.245 e. The molecule has 2 saturated heterocycles. The van der Waals surface area contributed by atoms with Crippen molar-refractivity contribution in [2.45, 2.75) is 31.9 Å². The van der Waals surface area contributed by atoms with Gasteiger partial charge in [-0.2, -0.15) is 10.1 Å². The van der Waals surface area contributed by atoms with Gasteiger partial charge in [0.1, 0.15) is 11.3 Å². The normalized spacial score (nSPS) is 23.4. The van der Waals surface area contributed by atoms with Crippen molar-refractivity contribution in [1.29, 1.82) is 0 Å². The number of halogens is 1. The van der Waals surface area contributed by atoms with Crippen LogP contribution in [0.2, 0.25) is 0 Å². The Morgan fingerprint density at radius 3 is 2.57 bits per heavy atom. The molecule has 3 aromatic rings. The maximum absolute atomic E-state index is 13.3. The maximum Gasteiger partial charge on any atom is 0.245 e. The quantitative estimate of drug-likeness (QED) is 0.706. The lowest BCUT2D eigenvalue weighted by molar-refractivity contribution is 0.0973. The highest BCUT2D eigenvalue weighted by Crippen LogP contribution is 2.42. The second-order valence-electron chi connectivity index (χ2n) is 8.19. The number of hydrogen-bond donors (Lipinski definition) is 1. The van der Waals surface area contributed by atoms with Crippen LogP contribution >= 0.6 is 0 Å². The van der Waals surface area contributed by atoms with Gasteiger partial charge in [0.15, 0.2) is 5.52 Å². The number of aromatic nitrogens is 4. The summed E-state index contributed by atoms with van der Waals surface area (Å²) in [5, 5.41) is 4.43. The molecule has 2 aliphatic rings. The summed E-state index contributed by atoms with van der Waals surface area (Å²) in [7, 11) is 1.58. The molecule has 1 aromatic carbocycles. The molecule has 0 saturated carbocycles. The Balaban J connectivity index is 1.45. The minimum atomic E-state index is -0.301. The van der Waals surface area contributed by atoms with Crippen molar-refractivity contribution in [2.75, 3.05) is 31.7 Å². The number of hydrogen-bond acceptors (Lipinski definition) is 7. The molecule has 0 radical (unpaired) electrons. The molecule has 2 fully saturated rings. The van der Waals surface area contributed by atoms with Crippen molar-refractivity contribution in [3.05, 3.63) is 36.3 Å². The Labute approximate surface area is 173 Å². The van der Waals surface area contributed by atoms with Crippen molar-refractivity contribution in [3.63, 3.8) is 0 Å². The van der Waals surface area contributed by atoms with Crippen LogP contribution in [0.5, 0.6) is 5.88 Å². The SMILES string of the molecule is COc1nc(N2CCC3(CC2)CO[C@@H](C)[C@H]3N)nc2cnn(-c3ccc(F)cc3)c12. The predicted molar refractivity (Wildman–Crippen MR) is 110 cm³/mol. The van der Waals surface area contributed by atoms with E-state index in [9.17, 15) is 4.39 Å². The number of rotatable bonds is 3. The Kier molecular flexibility index (Phi) is 4.59. The molecule has 9 heteroatoms. The average Bonchev–Trinajstić information content (AvgIpc) is 3.32. The molecule has 5 rings (SSSR count). The van der Waals surface area contributed by atoms with E-state index in [-0.39, 0.29) is 23.4 Å². The van der Waals surface area contributed by atoms with Crippen molar-refractivity contribution in [1.82, 2.24) is 19.7 Å². The zero-order valence-corrected chi connectivity index (χ0v) is 17.1.